The van der Waals surface area contributed by atoms with Gasteiger partial charge < -0.3 is 10.1 Å². The van der Waals surface area contributed by atoms with Crippen molar-refractivity contribution in [3.63, 3.8) is 0 Å². The summed E-state index contributed by atoms with van der Waals surface area (Å²) < 4.78 is 5.00. The van der Waals surface area contributed by atoms with Crippen molar-refractivity contribution in [2.45, 2.75) is 19.4 Å². The van der Waals surface area contributed by atoms with Gasteiger partial charge >= 0.3 is 5.97 Å². The van der Waals surface area contributed by atoms with Crippen molar-refractivity contribution in [1.82, 2.24) is 5.32 Å². The van der Waals surface area contributed by atoms with Crippen molar-refractivity contribution in [1.29, 1.82) is 0 Å². The Morgan fingerprint density at radius 1 is 1.69 bits per heavy atom. The maximum atomic E-state index is 11.5. The van der Waals surface area contributed by atoms with Gasteiger partial charge in [-0.1, -0.05) is 12.2 Å². The van der Waals surface area contributed by atoms with Gasteiger partial charge in [-0.05, 0) is 25.2 Å². The number of carbonyl (C=O) groups is 1. The Kier molecular flexibility index (Phi) is 2.36. The average Bonchev–Trinajstić information content (AvgIpc) is 2.62. The normalized spacial score (nSPS) is 36.2. The van der Waals surface area contributed by atoms with Crippen LogP contribution in [-0.2, 0) is 9.53 Å². The van der Waals surface area contributed by atoms with E-state index in [4.69, 9.17) is 4.74 Å². The van der Waals surface area contributed by atoms with Crippen LogP contribution in [0.5, 0.6) is 0 Å². The maximum absolute atomic E-state index is 11.5. The highest BCUT2D eigenvalue weighted by Crippen LogP contribution is 2.32. The summed E-state index contributed by atoms with van der Waals surface area (Å²) in [5.74, 6) is 0.909. The van der Waals surface area contributed by atoms with E-state index in [1.54, 1.807) is 0 Å². The standard InChI is InChI=1S/C10H15NO2/c1-2-13-10(12)9-8-5-3-4-7(8)6-11-9/h3-4,7-9,11H,2,5-6H2,1H3. The molecule has 13 heavy (non-hydrogen) atoms. The van der Waals surface area contributed by atoms with E-state index in [1.807, 2.05) is 6.92 Å². The number of hydrogen-bond acceptors (Lipinski definition) is 3. The quantitative estimate of drug-likeness (QED) is 0.504. The summed E-state index contributed by atoms with van der Waals surface area (Å²) in [7, 11) is 0. The molecule has 0 aromatic heterocycles. The molecular weight excluding hydrogens is 166 g/mol. The highest BCUT2D eigenvalue weighted by molar-refractivity contribution is 5.77. The van der Waals surface area contributed by atoms with E-state index in [0.717, 1.165) is 13.0 Å². The minimum Gasteiger partial charge on any atom is -0.465 e. The molecule has 1 aliphatic carbocycles. The fraction of sp³-hybridized carbons (Fsp3) is 0.700. The van der Waals surface area contributed by atoms with Crippen LogP contribution in [0.25, 0.3) is 0 Å². The monoisotopic (exact) mass is 181 g/mol. The van der Waals surface area contributed by atoms with Crippen molar-refractivity contribution < 1.29 is 9.53 Å². The Labute approximate surface area is 78.1 Å². The Morgan fingerprint density at radius 2 is 2.54 bits per heavy atom. The Morgan fingerprint density at radius 3 is 3.31 bits per heavy atom. The first-order valence-corrected chi connectivity index (χ1v) is 4.89. The minimum absolute atomic E-state index is 0.0695. The van der Waals surface area contributed by atoms with Crippen molar-refractivity contribution >= 4 is 5.97 Å². The molecule has 0 spiro atoms. The van der Waals surface area contributed by atoms with E-state index in [2.05, 4.69) is 17.5 Å². The molecule has 1 saturated heterocycles. The molecule has 0 radical (unpaired) electrons. The zero-order valence-electron chi connectivity index (χ0n) is 7.82. The molecule has 3 heteroatoms. The fourth-order valence-electron chi connectivity index (χ4n) is 2.24. The lowest BCUT2D eigenvalue weighted by atomic mass is 9.93. The molecule has 1 heterocycles. The topological polar surface area (TPSA) is 38.3 Å². The Hall–Kier alpha value is -0.830. The average molecular weight is 181 g/mol. The smallest absolute Gasteiger partial charge is 0.323 e. The van der Waals surface area contributed by atoms with Gasteiger partial charge in [0, 0.05) is 6.54 Å². The summed E-state index contributed by atoms with van der Waals surface area (Å²) in [4.78, 5) is 11.5. The second kappa shape index (κ2) is 3.50. The van der Waals surface area contributed by atoms with E-state index in [-0.39, 0.29) is 12.0 Å². The summed E-state index contributed by atoms with van der Waals surface area (Å²) in [5, 5.41) is 3.22. The zero-order chi connectivity index (χ0) is 9.26. The molecule has 1 fully saturated rings. The van der Waals surface area contributed by atoms with Crippen molar-refractivity contribution in [3.8, 4) is 0 Å². The molecule has 2 aliphatic rings. The van der Waals surface area contributed by atoms with E-state index >= 15 is 0 Å². The molecule has 3 unspecified atom stereocenters. The Balaban J connectivity index is 1.98. The van der Waals surface area contributed by atoms with Gasteiger partial charge in [0.05, 0.1) is 6.61 Å². The lowest BCUT2D eigenvalue weighted by molar-refractivity contribution is -0.146. The zero-order valence-corrected chi connectivity index (χ0v) is 7.82. The molecule has 0 amide bonds. The Bertz CT molecular complexity index is 237. The van der Waals surface area contributed by atoms with Gasteiger partial charge in [0.2, 0.25) is 0 Å². The van der Waals surface area contributed by atoms with Gasteiger partial charge in [-0.2, -0.15) is 0 Å². The highest BCUT2D eigenvalue weighted by atomic mass is 16.5. The first-order chi connectivity index (χ1) is 6.33. The molecule has 0 aromatic carbocycles. The minimum atomic E-state index is -0.0845. The number of esters is 1. The molecule has 0 saturated carbocycles. The van der Waals surface area contributed by atoms with Gasteiger partial charge in [0.1, 0.15) is 6.04 Å². The van der Waals surface area contributed by atoms with Gasteiger partial charge in [0.15, 0.2) is 0 Å². The van der Waals surface area contributed by atoms with E-state index < -0.39 is 0 Å². The summed E-state index contributed by atoms with van der Waals surface area (Å²) >= 11 is 0. The molecule has 3 nitrogen and oxygen atoms in total. The number of carbonyl (C=O) groups excluding carboxylic acids is 1. The first kappa shape index (κ1) is 8.75. The predicted octanol–water partition coefficient (Wildman–Crippen LogP) is 0.714. The van der Waals surface area contributed by atoms with Gasteiger partial charge in [-0.3, -0.25) is 4.79 Å². The predicted molar refractivity (Wildman–Crippen MR) is 49.2 cm³/mol. The molecular formula is C10H15NO2. The number of allylic oxidation sites excluding steroid dienone is 1. The maximum Gasteiger partial charge on any atom is 0.323 e. The van der Waals surface area contributed by atoms with Crippen LogP contribution < -0.4 is 5.32 Å². The third-order valence-electron chi connectivity index (χ3n) is 2.88. The van der Waals surface area contributed by atoms with Crippen molar-refractivity contribution in [2.75, 3.05) is 13.2 Å². The molecule has 3 atom stereocenters. The van der Waals surface area contributed by atoms with E-state index in [9.17, 15) is 4.79 Å². The van der Waals surface area contributed by atoms with E-state index in [0.29, 0.717) is 18.4 Å². The number of ether oxygens (including phenoxy) is 1. The molecule has 1 N–H and O–H groups in total. The SMILES string of the molecule is CCOC(=O)C1NCC2C=CCC21. The molecule has 0 aromatic rings. The van der Waals surface area contributed by atoms with Crippen LogP contribution in [0.15, 0.2) is 12.2 Å². The van der Waals surface area contributed by atoms with Gasteiger partial charge in [0.25, 0.3) is 0 Å². The second-order valence-corrected chi connectivity index (χ2v) is 3.63. The van der Waals surface area contributed by atoms with Crippen LogP contribution >= 0.6 is 0 Å². The number of rotatable bonds is 2. The van der Waals surface area contributed by atoms with Crippen LogP contribution in [0.1, 0.15) is 13.3 Å². The van der Waals surface area contributed by atoms with Crippen molar-refractivity contribution in [3.05, 3.63) is 12.2 Å². The fourth-order valence-corrected chi connectivity index (χ4v) is 2.24. The third kappa shape index (κ3) is 1.48. The summed E-state index contributed by atoms with van der Waals surface area (Å²) in [5.41, 5.74) is 0. The van der Waals surface area contributed by atoms with Crippen molar-refractivity contribution in [2.24, 2.45) is 11.8 Å². The summed E-state index contributed by atoms with van der Waals surface area (Å²) in [6.45, 7) is 3.24. The van der Waals surface area contributed by atoms with Crippen LogP contribution in [0.2, 0.25) is 0 Å². The van der Waals surface area contributed by atoms with Gasteiger partial charge in [-0.25, -0.2) is 0 Å². The van der Waals surface area contributed by atoms with Crippen LogP contribution in [0.4, 0.5) is 0 Å². The largest absolute Gasteiger partial charge is 0.465 e. The van der Waals surface area contributed by atoms with Crippen LogP contribution in [0, 0.1) is 11.8 Å². The van der Waals surface area contributed by atoms with Crippen LogP contribution in [0.3, 0.4) is 0 Å². The molecule has 1 aliphatic heterocycles. The molecule has 72 valence electrons. The summed E-state index contributed by atoms with van der Waals surface area (Å²) in [6.07, 6.45) is 5.39. The number of fused-ring (bicyclic) bond motifs is 1. The van der Waals surface area contributed by atoms with Crippen LogP contribution in [-0.4, -0.2) is 25.2 Å². The lowest BCUT2D eigenvalue weighted by Gasteiger charge is -2.15. The lowest BCUT2D eigenvalue weighted by Crippen LogP contribution is -2.37. The molecule has 2 rings (SSSR count). The van der Waals surface area contributed by atoms with Gasteiger partial charge in [-0.15, -0.1) is 0 Å². The number of nitrogens with one attached hydrogen (secondary N) is 1. The second-order valence-electron chi connectivity index (χ2n) is 3.63. The summed E-state index contributed by atoms with van der Waals surface area (Å²) in [6, 6.07) is -0.0695. The third-order valence-corrected chi connectivity index (χ3v) is 2.88. The first-order valence-electron chi connectivity index (χ1n) is 4.89. The molecule has 0 bridgehead atoms. The number of hydrogen-bond donors (Lipinski definition) is 1. The highest BCUT2D eigenvalue weighted by Gasteiger charge is 2.40. The van der Waals surface area contributed by atoms with E-state index in [1.165, 1.54) is 0 Å².